The highest BCUT2D eigenvalue weighted by molar-refractivity contribution is 7.03. The Kier molecular flexibility index (Phi) is 3.78. The SMILES string of the molecule is CN(CCCN)C(=O)c1csnn1. The van der Waals surface area contributed by atoms with Gasteiger partial charge in [0.05, 0.1) is 0 Å². The van der Waals surface area contributed by atoms with Crippen LogP contribution in [0.15, 0.2) is 5.38 Å². The molecule has 0 spiro atoms. The van der Waals surface area contributed by atoms with Crippen molar-refractivity contribution < 1.29 is 4.79 Å². The van der Waals surface area contributed by atoms with E-state index >= 15 is 0 Å². The summed E-state index contributed by atoms with van der Waals surface area (Å²) < 4.78 is 3.63. The van der Waals surface area contributed by atoms with E-state index in [0.29, 0.717) is 18.8 Å². The van der Waals surface area contributed by atoms with Gasteiger partial charge in [0.25, 0.3) is 5.91 Å². The largest absolute Gasteiger partial charge is 0.340 e. The lowest BCUT2D eigenvalue weighted by atomic mass is 10.3. The molecule has 72 valence electrons. The zero-order valence-electron chi connectivity index (χ0n) is 7.43. The van der Waals surface area contributed by atoms with Crippen molar-refractivity contribution in [1.29, 1.82) is 0 Å². The van der Waals surface area contributed by atoms with Gasteiger partial charge in [-0.1, -0.05) is 4.49 Å². The smallest absolute Gasteiger partial charge is 0.275 e. The molecule has 0 fully saturated rings. The van der Waals surface area contributed by atoms with Crippen LogP contribution < -0.4 is 5.73 Å². The summed E-state index contributed by atoms with van der Waals surface area (Å²) in [6.07, 6.45) is 0.805. The average molecular weight is 200 g/mol. The van der Waals surface area contributed by atoms with Crippen LogP contribution in [0.25, 0.3) is 0 Å². The molecule has 0 radical (unpaired) electrons. The Balaban J connectivity index is 2.48. The Morgan fingerprint density at radius 3 is 3.08 bits per heavy atom. The number of rotatable bonds is 4. The van der Waals surface area contributed by atoms with Gasteiger partial charge >= 0.3 is 0 Å². The van der Waals surface area contributed by atoms with E-state index in [2.05, 4.69) is 9.59 Å². The van der Waals surface area contributed by atoms with Crippen molar-refractivity contribution in [3.8, 4) is 0 Å². The summed E-state index contributed by atoms with van der Waals surface area (Å²) >= 11 is 1.18. The molecule has 0 aromatic carbocycles. The van der Waals surface area contributed by atoms with Crippen molar-refractivity contribution in [2.75, 3.05) is 20.1 Å². The van der Waals surface area contributed by atoms with E-state index in [4.69, 9.17) is 5.73 Å². The Morgan fingerprint density at radius 1 is 1.77 bits per heavy atom. The number of amides is 1. The van der Waals surface area contributed by atoms with E-state index in [1.165, 1.54) is 11.5 Å². The molecule has 0 bridgehead atoms. The lowest BCUT2D eigenvalue weighted by Crippen LogP contribution is -2.29. The highest BCUT2D eigenvalue weighted by Gasteiger charge is 2.13. The molecule has 0 unspecified atom stereocenters. The Labute approximate surface area is 80.7 Å². The molecule has 0 saturated carbocycles. The first kappa shape index (κ1) is 10.1. The topological polar surface area (TPSA) is 72.1 Å². The minimum Gasteiger partial charge on any atom is -0.340 e. The standard InChI is InChI=1S/C7H12N4OS/c1-11(4-2-3-8)7(12)6-5-13-10-9-6/h5H,2-4,8H2,1H3. The molecule has 0 aliphatic carbocycles. The van der Waals surface area contributed by atoms with Gasteiger partial charge in [-0.3, -0.25) is 4.79 Å². The third kappa shape index (κ3) is 2.74. The lowest BCUT2D eigenvalue weighted by molar-refractivity contribution is 0.0788. The molecule has 0 aliphatic rings. The molecule has 13 heavy (non-hydrogen) atoms. The molecule has 6 heteroatoms. The van der Waals surface area contributed by atoms with E-state index in [0.717, 1.165) is 6.42 Å². The van der Waals surface area contributed by atoms with Gasteiger partial charge in [0.1, 0.15) is 0 Å². The van der Waals surface area contributed by atoms with E-state index in [1.807, 2.05) is 0 Å². The second-order valence-electron chi connectivity index (χ2n) is 2.66. The summed E-state index contributed by atoms with van der Waals surface area (Å²) in [6.45, 7) is 1.25. The van der Waals surface area contributed by atoms with Gasteiger partial charge in [0.2, 0.25) is 0 Å². The average Bonchev–Trinajstić information content (AvgIpc) is 2.65. The summed E-state index contributed by atoms with van der Waals surface area (Å²) in [5.41, 5.74) is 5.74. The van der Waals surface area contributed by atoms with Crippen molar-refractivity contribution in [3.63, 3.8) is 0 Å². The first-order valence-electron chi connectivity index (χ1n) is 3.98. The lowest BCUT2D eigenvalue weighted by Gasteiger charge is -2.14. The third-order valence-electron chi connectivity index (χ3n) is 1.62. The predicted molar refractivity (Wildman–Crippen MR) is 50.5 cm³/mol. The fraction of sp³-hybridized carbons (Fsp3) is 0.571. The number of nitrogens with two attached hydrogens (primary N) is 1. The zero-order chi connectivity index (χ0) is 9.68. The molecule has 1 amide bonds. The molecule has 2 N–H and O–H groups in total. The van der Waals surface area contributed by atoms with Gasteiger partial charge in [0.15, 0.2) is 5.69 Å². The van der Waals surface area contributed by atoms with Gasteiger partial charge in [-0.25, -0.2) is 0 Å². The van der Waals surface area contributed by atoms with E-state index in [9.17, 15) is 4.79 Å². The van der Waals surface area contributed by atoms with Gasteiger partial charge in [-0.2, -0.15) is 0 Å². The molecule has 0 saturated heterocycles. The number of carbonyl (C=O) groups excluding carboxylic acids is 1. The fourth-order valence-electron chi connectivity index (χ4n) is 0.883. The number of carbonyl (C=O) groups is 1. The number of nitrogens with zero attached hydrogens (tertiary/aromatic N) is 3. The number of aromatic nitrogens is 2. The quantitative estimate of drug-likeness (QED) is 0.740. The number of hydrogen-bond donors (Lipinski definition) is 1. The first-order valence-corrected chi connectivity index (χ1v) is 4.82. The third-order valence-corrected chi connectivity index (χ3v) is 2.13. The molecule has 0 aliphatic heterocycles. The highest BCUT2D eigenvalue weighted by atomic mass is 32.1. The predicted octanol–water partition coefficient (Wildman–Crippen LogP) is -0.0411. The van der Waals surface area contributed by atoms with Crippen molar-refractivity contribution >= 4 is 17.4 Å². The van der Waals surface area contributed by atoms with Crippen molar-refractivity contribution in [2.45, 2.75) is 6.42 Å². The summed E-state index contributed by atoms with van der Waals surface area (Å²) in [6, 6.07) is 0. The van der Waals surface area contributed by atoms with E-state index in [-0.39, 0.29) is 5.91 Å². The van der Waals surface area contributed by atoms with Crippen LogP contribution in [0.1, 0.15) is 16.9 Å². The van der Waals surface area contributed by atoms with Crippen LogP contribution in [0.3, 0.4) is 0 Å². The maximum absolute atomic E-state index is 11.5. The normalized spacial score (nSPS) is 10.0. The molecule has 1 rings (SSSR count). The molecule has 0 atom stereocenters. The maximum atomic E-state index is 11.5. The Hall–Kier alpha value is -1.01. The van der Waals surface area contributed by atoms with Crippen molar-refractivity contribution in [3.05, 3.63) is 11.1 Å². The summed E-state index contributed by atoms with van der Waals surface area (Å²) in [5.74, 6) is -0.0952. The second kappa shape index (κ2) is 4.88. The minimum absolute atomic E-state index is 0.0952. The molecule has 1 aromatic heterocycles. The molecule has 1 heterocycles. The van der Waals surface area contributed by atoms with Crippen LogP contribution in [0.2, 0.25) is 0 Å². The minimum atomic E-state index is -0.0952. The summed E-state index contributed by atoms with van der Waals surface area (Å²) in [7, 11) is 1.73. The van der Waals surface area contributed by atoms with Crippen molar-refractivity contribution in [2.24, 2.45) is 5.73 Å². The summed E-state index contributed by atoms with van der Waals surface area (Å²) in [4.78, 5) is 13.1. The van der Waals surface area contributed by atoms with Gasteiger partial charge in [-0.05, 0) is 24.5 Å². The van der Waals surface area contributed by atoms with E-state index < -0.39 is 0 Å². The maximum Gasteiger partial charge on any atom is 0.275 e. The second-order valence-corrected chi connectivity index (χ2v) is 3.27. The van der Waals surface area contributed by atoms with Crippen molar-refractivity contribution in [1.82, 2.24) is 14.5 Å². The van der Waals surface area contributed by atoms with Crippen LogP contribution in [0.4, 0.5) is 0 Å². The molecule has 1 aromatic rings. The van der Waals surface area contributed by atoms with Crippen LogP contribution in [0.5, 0.6) is 0 Å². The molecular formula is C7H12N4OS. The van der Waals surface area contributed by atoms with Gasteiger partial charge in [-0.15, -0.1) is 5.10 Å². The number of hydrogen-bond acceptors (Lipinski definition) is 5. The van der Waals surface area contributed by atoms with Crippen LogP contribution in [-0.2, 0) is 0 Å². The first-order chi connectivity index (χ1) is 6.25. The van der Waals surface area contributed by atoms with Gasteiger partial charge in [0, 0.05) is 19.0 Å². The van der Waals surface area contributed by atoms with Crippen LogP contribution >= 0.6 is 11.5 Å². The fourth-order valence-corrected chi connectivity index (χ4v) is 1.31. The zero-order valence-corrected chi connectivity index (χ0v) is 8.25. The molecular weight excluding hydrogens is 188 g/mol. The van der Waals surface area contributed by atoms with Crippen LogP contribution in [-0.4, -0.2) is 40.5 Å². The Morgan fingerprint density at radius 2 is 2.54 bits per heavy atom. The van der Waals surface area contributed by atoms with Gasteiger partial charge < -0.3 is 10.6 Å². The molecule has 5 nitrogen and oxygen atoms in total. The van der Waals surface area contributed by atoms with Crippen LogP contribution in [0, 0.1) is 0 Å². The Bertz CT molecular complexity index is 261. The van der Waals surface area contributed by atoms with E-state index in [1.54, 1.807) is 17.3 Å². The summed E-state index contributed by atoms with van der Waals surface area (Å²) in [5, 5.41) is 5.33. The monoisotopic (exact) mass is 200 g/mol. The highest BCUT2D eigenvalue weighted by Crippen LogP contribution is 2.01.